The molecule has 0 heterocycles. The molecule has 0 aliphatic carbocycles. The highest BCUT2D eigenvalue weighted by atomic mass is 31.2. The molecule has 104 heavy (non-hydrogen) atoms. The quantitative estimate of drug-likeness (QED) is 0.0169. The van der Waals surface area contributed by atoms with Crippen molar-refractivity contribution in [2.75, 3.05) is 39.6 Å². The molecule has 0 bridgehead atoms. The van der Waals surface area contributed by atoms with E-state index in [2.05, 4.69) is 119 Å². The minimum Gasteiger partial charge on any atom is -0.462 e. The van der Waals surface area contributed by atoms with Crippen LogP contribution in [-0.4, -0.2) is 96.7 Å². The van der Waals surface area contributed by atoms with Gasteiger partial charge in [0.1, 0.15) is 19.3 Å². The molecule has 2 unspecified atom stereocenters. The zero-order valence-corrected chi connectivity index (χ0v) is 67.5. The molecule has 0 aromatic heterocycles. The van der Waals surface area contributed by atoms with Crippen LogP contribution in [-0.2, 0) is 65.4 Å². The van der Waals surface area contributed by atoms with Gasteiger partial charge in [-0.15, -0.1) is 0 Å². The third kappa shape index (κ3) is 75.9. The molecular formula is C85H148O17P2. The number of hydrogen-bond acceptors (Lipinski definition) is 15. The Hall–Kier alpha value is -4.28. The van der Waals surface area contributed by atoms with Crippen LogP contribution in [0.5, 0.6) is 0 Å². The molecule has 17 nitrogen and oxygen atoms in total. The SMILES string of the molecule is CCCCC/C=C\C/C=C\C/C=C\C/C=C\C/C=C\CCC(=O)O[C@H](COC(=O)CCCCCCC/C=C\CCCCCCCC)COP(=O)(O)OC[C@@H](O)COP(=O)(O)OC[C@@H](COC(=O)CCCCCCC/C=C\CCCCCCCC)OC(=O)CCCCCCC/C=C\C/C=C\CCCCC. The minimum atomic E-state index is -5.00. The minimum absolute atomic E-state index is 0.0308. The highest BCUT2D eigenvalue weighted by Crippen LogP contribution is 2.45. The zero-order valence-electron chi connectivity index (χ0n) is 65.7. The molecule has 0 amide bonds. The van der Waals surface area contributed by atoms with E-state index in [0.29, 0.717) is 32.1 Å². The second-order valence-electron chi connectivity index (χ2n) is 27.3. The van der Waals surface area contributed by atoms with E-state index in [0.717, 1.165) is 148 Å². The Labute approximate surface area is 632 Å². The van der Waals surface area contributed by atoms with Crippen LogP contribution in [0.25, 0.3) is 0 Å². The average molecular weight is 1500 g/mol. The van der Waals surface area contributed by atoms with Crippen molar-refractivity contribution in [1.82, 2.24) is 0 Å². The lowest BCUT2D eigenvalue weighted by atomic mass is 10.1. The monoisotopic (exact) mass is 1500 g/mol. The number of rotatable bonds is 77. The lowest BCUT2D eigenvalue weighted by molar-refractivity contribution is -0.161. The van der Waals surface area contributed by atoms with Crippen molar-refractivity contribution in [1.29, 1.82) is 0 Å². The summed E-state index contributed by atoms with van der Waals surface area (Å²) in [7, 11) is -9.99. The summed E-state index contributed by atoms with van der Waals surface area (Å²) in [5, 5.41) is 10.6. The first-order valence-electron chi connectivity index (χ1n) is 41.1. The summed E-state index contributed by atoms with van der Waals surface area (Å²) in [6.07, 6.45) is 83.6. The Morgan fingerprint density at radius 3 is 0.808 bits per heavy atom. The fourth-order valence-corrected chi connectivity index (χ4v) is 12.4. The Kier molecular flexibility index (Phi) is 73.7. The van der Waals surface area contributed by atoms with Gasteiger partial charge in [0.15, 0.2) is 12.2 Å². The highest BCUT2D eigenvalue weighted by molar-refractivity contribution is 7.47. The number of phosphoric ester groups is 2. The molecule has 0 fully saturated rings. The van der Waals surface area contributed by atoms with Crippen molar-refractivity contribution >= 4 is 39.5 Å². The van der Waals surface area contributed by atoms with Gasteiger partial charge in [0.2, 0.25) is 0 Å². The van der Waals surface area contributed by atoms with E-state index >= 15 is 0 Å². The van der Waals surface area contributed by atoms with Crippen molar-refractivity contribution in [3.63, 3.8) is 0 Å². The van der Waals surface area contributed by atoms with Crippen molar-refractivity contribution < 1.29 is 80.2 Å². The normalized spacial score (nSPS) is 14.4. The van der Waals surface area contributed by atoms with Gasteiger partial charge in [-0.1, -0.05) is 285 Å². The number of carbonyl (C=O) groups excluding carboxylic acids is 4. The van der Waals surface area contributed by atoms with Gasteiger partial charge >= 0.3 is 39.5 Å². The third-order valence-corrected chi connectivity index (χ3v) is 19.1. The number of esters is 4. The van der Waals surface area contributed by atoms with Crippen LogP contribution < -0.4 is 0 Å². The number of hydrogen-bond donors (Lipinski definition) is 3. The first-order chi connectivity index (χ1) is 50.7. The molecule has 0 aromatic rings. The second kappa shape index (κ2) is 76.9. The number of aliphatic hydroxyl groups is 1. The number of phosphoric acid groups is 2. The van der Waals surface area contributed by atoms with Crippen LogP contribution in [0, 0.1) is 0 Å². The number of carbonyl (C=O) groups is 4. The standard InChI is InChI=1S/C85H148O17P2/c1-5-9-13-17-21-25-29-33-37-38-39-40-44-48-52-56-60-64-68-72-85(90)102-81(76-96-83(88)70-66-62-58-54-50-46-42-35-31-27-23-19-15-11-7-3)78-100-104(93,94)98-74-79(86)73-97-103(91,92)99-77-80(101-84(89)71-67-63-59-55-51-47-43-36-32-28-24-20-16-12-8-4)75-95-82(87)69-65-61-57-53-49-45-41-34-30-26-22-18-14-10-6-2/h21,24-25,28,33-37,39-43,48,52,60,64,79-81,86H,5-20,22-23,26-27,29-32,38,44-47,49-51,53-59,61-63,65-78H2,1-4H3,(H,91,92)(H,93,94)/b25-21-,28-24-,37-33-,40-39-,41-34-,42-35-,43-36-,52-48-,64-60-/t79-,80+,81+/m0/s1. The highest BCUT2D eigenvalue weighted by Gasteiger charge is 2.30. The predicted molar refractivity (Wildman–Crippen MR) is 427 cm³/mol. The zero-order chi connectivity index (χ0) is 76.0. The van der Waals surface area contributed by atoms with Gasteiger partial charge in [-0.25, -0.2) is 9.13 Å². The number of ether oxygens (including phenoxy) is 4. The molecule has 0 radical (unpaired) electrons. The molecule has 19 heteroatoms. The summed E-state index contributed by atoms with van der Waals surface area (Å²) >= 11 is 0. The van der Waals surface area contributed by atoms with Crippen LogP contribution in [0.15, 0.2) is 109 Å². The van der Waals surface area contributed by atoms with Gasteiger partial charge in [0, 0.05) is 25.7 Å². The fraction of sp³-hybridized carbons (Fsp3) is 0.741. The maximum absolute atomic E-state index is 13.1. The van der Waals surface area contributed by atoms with Gasteiger partial charge in [0.05, 0.1) is 26.4 Å². The van der Waals surface area contributed by atoms with E-state index in [1.54, 1.807) is 0 Å². The molecule has 0 aromatic carbocycles. The molecule has 0 aliphatic heterocycles. The van der Waals surface area contributed by atoms with Gasteiger partial charge in [-0.3, -0.25) is 37.3 Å². The van der Waals surface area contributed by atoms with Crippen LogP contribution in [0.2, 0.25) is 0 Å². The summed E-state index contributed by atoms with van der Waals surface area (Å²) in [4.78, 5) is 73.0. The molecule has 0 aliphatic rings. The van der Waals surface area contributed by atoms with Crippen LogP contribution in [0.3, 0.4) is 0 Å². The van der Waals surface area contributed by atoms with E-state index in [1.165, 1.54) is 116 Å². The van der Waals surface area contributed by atoms with Crippen LogP contribution in [0.4, 0.5) is 0 Å². The van der Waals surface area contributed by atoms with E-state index in [4.69, 9.17) is 37.0 Å². The average Bonchev–Trinajstić information content (AvgIpc) is 0.943. The maximum atomic E-state index is 13.1. The summed E-state index contributed by atoms with van der Waals surface area (Å²) in [6.45, 7) is 4.73. The van der Waals surface area contributed by atoms with Crippen LogP contribution in [0.1, 0.15) is 349 Å². The summed E-state index contributed by atoms with van der Waals surface area (Å²) < 4.78 is 68.6. The largest absolute Gasteiger partial charge is 0.472 e. The summed E-state index contributed by atoms with van der Waals surface area (Å²) in [5.74, 6) is -2.29. The maximum Gasteiger partial charge on any atom is 0.472 e. The van der Waals surface area contributed by atoms with Crippen LogP contribution >= 0.6 is 15.6 Å². The fourth-order valence-electron chi connectivity index (χ4n) is 10.9. The van der Waals surface area contributed by atoms with Crippen molar-refractivity contribution in [3.8, 4) is 0 Å². The van der Waals surface area contributed by atoms with Gasteiger partial charge in [-0.05, 0) is 148 Å². The Morgan fingerprint density at radius 2 is 0.490 bits per heavy atom. The molecular weight excluding hydrogens is 1350 g/mol. The number of unbranched alkanes of at least 4 members (excludes halogenated alkanes) is 33. The van der Waals surface area contributed by atoms with Gasteiger partial charge < -0.3 is 33.8 Å². The molecule has 0 saturated heterocycles. The number of allylic oxidation sites excluding steroid dienone is 18. The number of aliphatic hydroxyl groups excluding tert-OH is 1. The molecule has 5 atom stereocenters. The molecule has 3 N–H and O–H groups in total. The van der Waals surface area contributed by atoms with E-state index in [9.17, 15) is 43.2 Å². The van der Waals surface area contributed by atoms with E-state index < -0.39 is 97.5 Å². The molecule has 0 saturated carbocycles. The predicted octanol–water partition coefficient (Wildman–Crippen LogP) is 24.1. The summed E-state index contributed by atoms with van der Waals surface area (Å²) in [6, 6.07) is 0. The summed E-state index contributed by atoms with van der Waals surface area (Å²) in [5.41, 5.74) is 0. The van der Waals surface area contributed by atoms with E-state index in [1.807, 2.05) is 18.2 Å². The molecule has 0 spiro atoms. The Balaban J connectivity index is 5.45. The second-order valence-corrected chi connectivity index (χ2v) is 30.3. The molecule has 600 valence electrons. The van der Waals surface area contributed by atoms with E-state index in [-0.39, 0.29) is 25.7 Å². The first-order valence-corrected chi connectivity index (χ1v) is 44.1. The first kappa shape index (κ1) is 99.7. The smallest absolute Gasteiger partial charge is 0.462 e. The topological polar surface area (TPSA) is 237 Å². The van der Waals surface area contributed by atoms with Gasteiger partial charge in [-0.2, -0.15) is 0 Å². The van der Waals surface area contributed by atoms with Crippen molar-refractivity contribution in [2.24, 2.45) is 0 Å². The lowest BCUT2D eigenvalue weighted by Crippen LogP contribution is -2.30. The Morgan fingerprint density at radius 1 is 0.269 bits per heavy atom. The molecule has 0 rings (SSSR count). The van der Waals surface area contributed by atoms with Crippen molar-refractivity contribution in [2.45, 2.75) is 367 Å². The Bertz CT molecular complexity index is 2390. The van der Waals surface area contributed by atoms with Gasteiger partial charge in [0.25, 0.3) is 0 Å². The van der Waals surface area contributed by atoms with Crippen molar-refractivity contribution in [3.05, 3.63) is 109 Å². The lowest BCUT2D eigenvalue weighted by Gasteiger charge is -2.21. The third-order valence-electron chi connectivity index (χ3n) is 17.2.